The second-order valence-electron chi connectivity index (χ2n) is 4.74. The van der Waals surface area contributed by atoms with E-state index in [2.05, 4.69) is 0 Å². The maximum atomic E-state index is 11.6. The zero-order chi connectivity index (χ0) is 13.5. The van der Waals surface area contributed by atoms with Crippen LogP contribution >= 0.6 is 0 Å². The highest BCUT2D eigenvalue weighted by Crippen LogP contribution is 2.31. The Morgan fingerprint density at radius 2 is 1.78 bits per heavy atom. The number of aliphatic hydroxyl groups is 2. The van der Waals surface area contributed by atoms with Gasteiger partial charge in [0.15, 0.2) is 0 Å². The highest BCUT2D eigenvalue weighted by Gasteiger charge is 2.50. The summed E-state index contributed by atoms with van der Waals surface area (Å²) in [7, 11) is 0. The molecule has 1 aromatic carbocycles. The molecule has 0 heterocycles. The summed E-state index contributed by atoms with van der Waals surface area (Å²) in [4.78, 5) is 23.2. The molecule has 0 aromatic heterocycles. The summed E-state index contributed by atoms with van der Waals surface area (Å²) in [5.41, 5.74) is 0.00755. The number of ether oxygens (including phenoxy) is 1. The van der Waals surface area contributed by atoms with E-state index in [9.17, 15) is 19.8 Å². The van der Waals surface area contributed by atoms with Gasteiger partial charge in [-0.3, -0.25) is 9.59 Å². The van der Waals surface area contributed by atoms with Gasteiger partial charge in [-0.15, -0.1) is 0 Å². The molecule has 2 rings (SSSR count). The molecule has 2 N–H and O–H groups in total. The Kier molecular flexibility index (Phi) is 2.96. The third kappa shape index (κ3) is 1.91. The summed E-state index contributed by atoms with van der Waals surface area (Å²) in [5, 5.41) is 18.8. The lowest BCUT2D eigenvalue weighted by Crippen LogP contribution is -2.40. The van der Waals surface area contributed by atoms with Crippen molar-refractivity contribution in [1.29, 1.82) is 0 Å². The number of hydrogen-bond acceptors (Lipinski definition) is 5. The number of fused-ring (bicyclic) bond motifs is 1. The van der Waals surface area contributed by atoms with Crippen molar-refractivity contribution >= 4 is 11.6 Å². The first-order valence-corrected chi connectivity index (χ1v) is 5.65. The van der Waals surface area contributed by atoms with Gasteiger partial charge < -0.3 is 14.9 Å². The lowest BCUT2D eigenvalue weighted by Gasteiger charge is -2.09. The monoisotopic (exact) mass is 250 g/mol. The van der Waals surface area contributed by atoms with Gasteiger partial charge in [-0.2, -0.15) is 0 Å². The molecule has 1 aliphatic rings. The van der Waals surface area contributed by atoms with Crippen molar-refractivity contribution in [3.63, 3.8) is 0 Å². The predicted octanol–water partition coefficient (Wildman–Crippen LogP) is 0.781. The molecule has 1 aliphatic carbocycles. The van der Waals surface area contributed by atoms with E-state index in [0.717, 1.165) is 0 Å². The normalized spacial score (nSPS) is 17.2. The Balaban J connectivity index is 2.33. The van der Waals surface area contributed by atoms with E-state index in [1.54, 1.807) is 0 Å². The van der Waals surface area contributed by atoms with Crippen molar-refractivity contribution in [1.82, 2.24) is 0 Å². The summed E-state index contributed by atoms with van der Waals surface area (Å²) >= 11 is 0. The smallest absolute Gasteiger partial charge is 0.295 e. The fraction of sp³-hybridized carbons (Fsp3) is 0.385. The molecule has 5 nitrogen and oxygen atoms in total. The number of carbonyl (C=O) groups is 2. The summed E-state index contributed by atoms with van der Waals surface area (Å²) in [6.45, 7) is 4.44. The highest BCUT2D eigenvalue weighted by atomic mass is 16.5. The van der Waals surface area contributed by atoms with Crippen LogP contribution in [0.5, 0.6) is 5.75 Å². The van der Waals surface area contributed by atoms with E-state index in [0.29, 0.717) is 18.3 Å². The maximum Gasteiger partial charge on any atom is 0.295 e. The van der Waals surface area contributed by atoms with Gasteiger partial charge in [0.25, 0.3) is 5.79 Å². The number of Topliss-reactive ketones (excluding diaryl/α,β-unsaturated/α-hetero) is 2. The Hall–Kier alpha value is -1.72. The maximum absolute atomic E-state index is 11.6. The van der Waals surface area contributed by atoms with E-state index in [-0.39, 0.29) is 11.1 Å². The summed E-state index contributed by atoms with van der Waals surface area (Å²) in [5.74, 6) is -4.17. The van der Waals surface area contributed by atoms with Crippen LogP contribution < -0.4 is 4.74 Å². The van der Waals surface area contributed by atoms with Crippen LogP contribution in [0.3, 0.4) is 0 Å². The Morgan fingerprint density at radius 1 is 1.17 bits per heavy atom. The van der Waals surface area contributed by atoms with Crippen molar-refractivity contribution in [2.75, 3.05) is 6.61 Å². The highest BCUT2D eigenvalue weighted by molar-refractivity contribution is 6.30. The summed E-state index contributed by atoms with van der Waals surface area (Å²) in [6, 6.07) is 4.28. The Bertz CT molecular complexity index is 516. The molecular formula is C13H14O5. The van der Waals surface area contributed by atoms with Gasteiger partial charge in [0.2, 0.25) is 11.6 Å². The van der Waals surface area contributed by atoms with Gasteiger partial charge in [0, 0.05) is 11.1 Å². The third-order valence-electron chi connectivity index (χ3n) is 2.70. The van der Waals surface area contributed by atoms with E-state index in [1.165, 1.54) is 18.2 Å². The van der Waals surface area contributed by atoms with Gasteiger partial charge >= 0.3 is 0 Å². The second-order valence-corrected chi connectivity index (χ2v) is 4.74. The first-order valence-electron chi connectivity index (χ1n) is 5.65. The number of ketones is 2. The lowest BCUT2D eigenvalue weighted by molar-refractivity contribution is -0.0857. The van der Waals surface area contributed by atoms with E-state index in [1.807, 2.05) is 13.8 Å². The second kappa shape index (κ2) is 4.19. The standard InChI is InChI=1S/C13H14O5/c1-7(2)6-18-8-3-4-9-10(5-8)12(15)13(16,17)11(9)14/h3-5,7,16-17H,6H2,1-2H3. The Labute approximate surface area is 104 Å². The van der Waals surface area contributed by atoms with Crippen LogP contribution in [0.4, 0.5) is 0 Å². The van der Waals surface area contributed by atoms with Crippen molar-refractivity contribution in [2.45, 2.75) is 19.6 Å². The first-order chi connectivity index (χ1) is 8.34. The zero-order valence-corrected chi connectivity index (χ0v) is 10.1. The minimum Gasteiger partial charge on any atom is -0.493 e. The number of carbonyl (C=O) groups excluding carboxylic acids is 2. The minimum absolute atomic E-state index is 0.00810. The fourth-order valence-corrected chi connectivity index (χ4v) is 1.74. The quantitative estimate of drug-likeness (QED) is 0.612. The average Bonchev–Trinajstić information content (AvgIpc) is 2.49. The van der Waals surface area contributed by atoms with Crippen LogP contribution in [0.2, 0.25) is 0 Å². The molecule has 0 aliphatic heterocycles. The summed E-state index contributed by atoms with van der Waals surface area (Å²) in [6.07, 6.45) is 0. The zero-order valence-electron chi connectivity index (χ0n) is 10.1. The Morgan fingerprint density at radius 3 is 2.39 bits per heavy atom. The molecule has 18 heavy (non-hydrogen) atoms. The molecule has 96 valence electrons. The molecule has 0 radical (unpaired) electrons. The molecule has 0 amide bonds. The van der Waals surface area contributed by atoms with Gasteiger partial charge in [-0.05, 0) is 24.1 Å². The van der Waals surface area contributed by atoms with Crippen LogP contribution in [0, 0.1) is 5.92 Å². The third-order valence-corrected chi connectivity index (χ3v) is 2.70. The van der Waals surface area contributed by atoms with Crippen molar-refractivity contribution in [2.24, 2.45) is 5.92 Å². The molecule has 1 aromatic rings. The van der Waals surface area contributed by atoms with Crippen LogP contribution in [-0.4, -0.2) is 34.2 Å². The first kappa shape index (κ1) is 12.7. The molecule has 0 spiro atoms. The predicted molar refractivity (Wildman–Crippen MR) is 62.6 cm³/mol. The molecule has 0 bridgehead atoms. The van der Waals surface area contributed by atoms with Crippen LogP contribution in [0.1, 0.15) is 34.6 Å². The van der Waals surface area contributed by atoms with Crippen molar-refractivity contribution in [3.8, 4) is 5.75 Å². The summed E-state index contributed by atoms with van der Waals surface area (Å²) < 4.78 is 5.42. The van der Waals surface area contributed by atoms with Gasteiger partial charge in [-0.1, -0.05) is 13.8 Å². The number of benzene rings is 1. The molecule has 0 saturated heterocycles. The topological polar surface area (TPSA) is 83.8 Å². The molecule has 5 heteroatoms. The lowest BCUT2D eigenvalue weighted by atomic mass is 10.1. The van der Waals surface area contributed by atoms with Crippen molar-refractivity contribution in [3.05, 3.63) is 29.3 Å². The van der Waals surface area contributed by atoms with E-state index < -0.39 is 17.4 Å². The number of rotatable bonds is 3. The van der Waals surface area contributed by atoms with Gasteiger partial charge in [0.1, 0.15) is 5.75 Å². The minimum atomic E-state index is -2.93. The number of hydrogen-bond donors (Lipinski definition) is 2. The van der Waals surface area contributed by atoms with Crippen molar-refractivity contribution < 1.29 is 24.5 Å². The molecule has 0 atom stereocenters. The molecule has 0 unspecified atom stereocenters. The molecule has 0 saturated carbocycles. The van der Waals surface area contributed by atoms with E-state index in [4.69, 9.17) is 4.74 Å². The van der Waals surface area contributed by atoms with Gasteiger partial charge in [-0.25, -0.2) is 0 Å². The molecule has 0 fully saturated rings. The fourth-order valence-electron chi connectivity index (χ4n) is 1.74. The average molecular weight is 250 g/mol. The largest absolute Gasteiger partial charge is 0.493 e. The van der Waals surface area contributed by atoms with Gasteiger partial charge in [0.05, 0.1) is 6.61 Å². The van der Waals surface area contributed by atoms with Crippen LogP contribution in [-0.2, 0) is 0 Å². The van der Waals surface area contributed by atoms with Crippen LogP contribution in [0.25, 0.3) is 0 Å². The SMILES string of the molecule is CC(C)COc1ccc2c(c1)C(=O)C(O)(O)C2=O. The van der Waals surface area contributed by atoms with E-state index >= 15 is 0 Å². The van der Waals surface area contributed by atoms with Crippen LogP contribution in [0.15, 0.2) is 18.2 Å². The molecular weight excluding hydrogens is 236 g/mol.